The second kappa shape index (κ2) is 8.83. The lowest BCUT2D eigenvalue weighted by atomic mass is 9.93. The first-order chi connectivity index (χ1) is 9.37. The number of hydrogen-bond donors (Lipinski definition) is 0. The fourth-order valence-electron chi connectivity index (χ4n) is 1.61. The van der Waals surface area contributed by atoms with Crippen LogP contribution in [0.25, 0.3) is 0 Å². The van der Waals surface area contributed by atoms with Crippen molar-refractivity contribution in [3.05, 3.63) is 10.1 Å². The van der Waals surface area contributed by atoms with E-state index in [1.807, 2.05) is 0 Å². The Bertz CT molecular complexity index is 381. The Balaban J connectivity index is 5.01. The van der Waals surface area contributed by atoms with Crippen LogP contribution in [0.1, 0.15) is 19.3 Å². The Labute approximate surface area is 115 Å². The zero-order valence-corrected chi connectivity index (χ0v) is 11.5. The zero-order chi connectivity index (χ0) is 15.7. The van der Waals surface area contributed by atoms with Gasteiger partial charge in [0.25, 0.3) is 0 Å². The Morgan fingerprint density at radius 2 is 1.60 bits per heavy atom. The average molecular weight is 291 g/mol. The molecule has 0 fully saturated rings. The maximum Gasteiger partial charge on any atom is 0.316 e. The number of nitrogens with zero attached hydrogens (tertiary/aromatic N) is 1. The summed E-state index contributed by atoms with van der Waals surface area (Å²) >= 11 is 0. The van der Waals surface area contributed by atoms with E-state index in [1.165, 1.54) is 0 Å². The van der Waals surface area contributed by atoms with Gasteiger partial charge in [-0.05, 0) is 0 Å². The fourth-order valence-corrected chi connectivity index (χ4v) is 1.61. The molecule has 0 radical (unpaired) electrons. The summed E-state index contributed by atoms with van der Waals surface area (Å²) in [4.78, 5) is 44.1. The minimum atomic E-state index is -1.43. The number of carbonyl (C=O) groups is 3. The number of carbonyl (C=O) groups excluding carboxylic acids is 3. The molecule has 0 aliphatic carbocycles. The summed E-state index contributed by atoms with van der Waals surface area (Å²) in [5, 5.41) is 11.0. The number of hydrogen-bond acceptors (Lipinski definition) is 8. The summed E-state index contributed by atoms with van der Waals surface area (Å²) in [5.74, 6) is -3.63. The van der Waals surface area contributed by atoms with Gasteiger partial charge in [0, 0.05) is 11.3 Å². The minimum absolute atomic E-state index is 0.239. The first-order valence-electron chi connectivity index (χ1n) is 5.72. The van der Waals surface area contributed by atoms with Crippen LogP contribution >= 0.6 is 0 Å². The van der Waals surface area contributed by atoms with E-state index in [4.69, 9.17) is 0 Å². The van der Waals surface area contributed by atoms with Gasteiger partial charge in [-0.3, -0.25) is 24.5 Å². The van der Waals surface area contributed by atoms with Crippen LogP contribution in [0.4, 0.5) is 0 Å². The van der Waals surface area contributed by atoms with Crippen molar-refractivity contribution in [2.24, 2.45) is 5.92 Å². The van der Waals surface area contributed by atoms with Crippen LogP contribution in [-0.2, 0) is 28.6 Å². The lowest BCUT2D eigenvalue weighted by molar-refractivity contribution is -0.530. The monoisotopic (exact) mass is 291 g/mol. The molecule has 0 amide bonds. The highest BCUT2D eigenvalue weighted by Crippen LogP contribution is 2.19. The molecule has 20 heavy (non-hydrogen) atoms. The summed E-state index contributed by atoms with van der Waals surface area (Å²) < 4.78 is 13.2. The van der Waals surface area contributed by atoms with E-state index in [0.29, 0.717) is 0 Å². The minimum Gasteiger partial charge on any atom is -0.469 e. The highest BCUT2D eigenvalue weighted by atomic mass is 16.6. The van der Waals surface area contributed by atoms with Crippen molar-refractivity contribution in [3.63, 3.8) is 0 Å². The Hall–Kier alpha value is -2.19. The summed E-state index contributed by atoms with van der Waals surface area (Å²) in [6.07, 6.45) is -0.969. The molecule has 0 saturated carbocycles. The molecule has 9 heteroatoms. The third-order valence-electron chi connectivity index (χ3n) is 2.73. The SMILES string of the molecule is COC(=O)CCC(C(CC(=O)OC)C(=O)OC)[N+](=O)[O-]. The van der Waals surface area contributed by atoms with Gasteiger partial charge in [-0.15, -0.1) is 0 Å². The van der Waals surface area contributed by atoms with Crippen molar-refractivity contribution in [1.29, 1.82) is 0 Å². The van der Waals surface area contributed by atoms with Crippen molar-refractivity contribution in [2.75, 3.05) is 21.3 Å². The molecule has 9 nitrogen and oxygen atoms in total. The highest BCUT2D eigenvalue weighted by molar-refractivity contribution is 5.80. The number of ether oxygens (including phenoxy) is 3. The van der Waals surface area contributed by atoms with Gasteiger partial charge in [-0.2, -0.15) is 0 Å². The van der Waals surface area contributed by atoms with Crippen molar-refractivity contribution in [1.82, 2.24) is 0 Å². The molecular formula is C11H17NO8. The molecule has 2 unspecified atom stereocenters. The summed E-state index contributed by atoms with van der Waals surface area (Å²) in [6, 6.07) is -1.43. The van der Waals surface area contributed by atoms with Gasteiger partial charge in [-0.1, -0.05) is 0 Å². The maximum absolute atomic E-state index is 11.6. The maximum atomic E-state index is 11.6. The molecule has 0 aromatic carbocycles. The number of nitro groups is 1. The summed E-state index contributed by atoms with van der Waals surface area (Å²) in [5.41, 5.74) is 0. The normalized spacial score (nSPS) is 12.9. The molecule has 0 spiro atoms. The van der Waals surface area contributed by atoms with Crippen molar-refractivity contribution < 1.29 is 33.5 Å². The van der Waals surface area contributed by atoms with Crippen molar-refractivity contribution in [2.45, 2.75) is 25.3 Å². The summed E-state index contributed by atoms with van der Waals surface area (Å²) in [7, 11) is 3.31. The number of esters is 3. The Kier molecular flexibility index (Phi) is 7.87. The van der Waals surface area contributed by atoms with Crippen molar-refractivity contribution >= 4 is 17.9 Å². The van der Waals surface area contributed by atoms with Gasteiger partial charge in [-0.25, -0.2) is 0 Å². The standard InChI is InChI=1S/C11H17NO8/c1-18-9(13)5-4-8(12(16)17)7(11(15)20-3)6-10(14)19-2/h7-8H,4-6H2,1-3H3. The van der Waals surface area contributed by atoms with E-state index in [0.717, 1.165) is 21.3 Å². The lowest BCUT2D eigenvalue weighted by Gasteiger charge is -2.17. The molecule has 2 atom stereocenters. The lowest BCUT2D eigenvalue weighted by Crippen LogP contribution is -2.37. The molecule has 0 aliphatic rings. The molecular weight excluding hydrogens is 274 g/mol. The van der Waals surface area contributed by atoms with Gasteiger partial charge in [0.2, 0.25) is 6.04 Å². The zero-order valence-electron chi connectivity index (χ0n) is 11.5. The first kappa shape index (κ1) is 17.8. The van der Waals surface area contributed by atoms with Crippen LogP contribution in [-0.4, -0.2) is 50.2 Å². The van der Waals surface area contributed by atoms with Crippen LogP contribution in [0.5, 0.6) is 0 Å². The van der Waals surface area contributed by atoms with E-state index in [2.05, 4.69) is 14.2 Å². The van der Waals surface area contributed by atoms with Gasteiger partial charge in [0.15, 0.2) is 0 Å². The summed E-state index contributed by atoms with van der Waals surface area (Å²) in [6.45, 7) is 0. The predicted octanol–water partition coefficient (Wildman–Crippen LogP) is -0.0628. The smallest absolute Gasteiger partial charge is 0.316 e. The van der Waals surface area contributed by atoms with Gasteiger partial charge < -0.3 is 14.2 Å². The molecule has 0 aromatic rings. The topological polar surface area (TPSA) is 122 Å². The quantitative estimate of drug-likeness (QED) is 0.264. The van der Waals surface area contributed by atoms with Gasteiger partial charge in [0.05, 0.1) is 34.2 Å². The first-order valence-corrected chi connectivity index (χ1v) is 5.72. The van der Waals surface area contributed by atoms with Crippen molar-refractivity contribution in [3.8, 4) is 0 Å². The molecule has 114 valence electrons. The fraction of sp³-hybridized carbons (Fsp3) is 0.727. The van der Waals surface area contributed by atoms with Crippen LogP contribution < -0.4 is 0 Å². The number of rotatable bonds is 8. The van der Waals surface area contributed by atoms with Crippen LogP contribution in [0, 0.1) is 16.0 Å². The predicted molar refractivity (Wildman–Crippen MR) is 64.2 cm³/mol. The highest BCUT2D eigenvalue weighted by Gasteiger charge is 2.40. The van der Waals surface area contributed by atoms with E-state index < -0.39 is 41.2 Å². The van der Waals surface area contributed by atoms with E-state index in [1.54, 1.807) is 0 Å². The Morgan fingerprint density at radius 1 is 1.05 bits per heavy atom. The van der Waals surface area contributed by atoms with E-state index >= 15 is 0 Å². The average Bonchev–Trinajstić information content (AvgIpc) is 2.44. The third kappa shape index (κ3) is 5.63. The van der Waals surface area contributed by atoms with E-state index in [9.17, 15) is 24.5 Å². The molecule has 0 N–H and O–H groups in total. The molecule has 0 aromatic heterocycles. The third-order valence-corrected chi connectivity index (χ3v) is 2.73. The molecule has 0 heterocycles. The Morgan fingerprint density at radius 3 is 2.00 bits per heavy atom. The van der Waals surface area contributed by atoms with Crippen LogP contribution in [0.2, 0.25) is 0 Å². The molecule has 0 rings (SSSR count). The second-order valence-corrected chi connectivity index (χ2v) is 3.88. The number of methoxy groups -OCH3 is 3. The van der Waals surface area contributed by atoms with Gasteiger partial charge >= 0.3 is 17.9 Å². The largest absolute Gasteiger partial charge is 0.469 e. The molecule has 0 aliphatic heterocycles. The van der Waals surface area contributed by atoms with E-state index in [-0.39, 0.29) is 12.8 Å². The molecule has 0 saturated heterocycles. The van der Waals surface area contributed by atoms with Gasteiger partial charge in [0.1, 0.15) is 5.92 Å². The second-order valence-electron chi connectivity index (χ2n) is 3.88. The molecule has 0 bridgehead atoms. The van der Waals surface area contributed by atoms with Crippen LogP contribution in [0.3, 0.4) is 0 Å². The van der Waals surface area contributed by atoms with Crippen LogP contribution in [0.15, 0.2) is 0 Å².